The summed E-state index contributed by atoms with van der Waals surface area (Å²) >= 11 is 0. The molecule has 1 heteroatoms. The van der Waals surface area contributed by atoms with Crippen molar-refractivity contribution in [3.63, 3.8) is 0 Å². The van der Waals surface area contributed by atoms with Crippen molar-refractivity contribution in [2.45, 2.75) is 27.7 Å². The topological polar surface area (TPSA) is 4.93 Å². The second-order valence-corrected chi connectivity index (χ2v) is 5.71. The molecule has 1 nitrogen and oxygen atoms in total. The molecule has 0 saturated carbocycles. The predicted molar refractivity (Wildman–Crippen MR) is 102 cm³/mol. The molecule has 1 heterocycles. The first kappa shape index (κ1) is 15.4. The molecule has 0 bridgehead atoms. The van der Waals surface area contributed by atoms with Gasteiger partial charge in [-0.25, -0.2) is 0 Å². The number of fused-ring (bicyclic) bond motifs is 3. The van der Waals surface area contributed by atoms with E-state index in [1.54, 1.807) is 0 Å². The van der Waals surface area contributed by atoms with Crippen LogP contribution >= 0.6 is 0 Å². The normalized spacial score (nSPS) is 10.6. The zero-order valence-electron chi connectivity index (χ0n) is 14.3. The van der Waals surface area contributed by atoms with Gasteiger partial charge in [0.25, 0.3) is 0 Å². The SMILES string of the molecule is CC.Cc1ccc(-n2c3ccccc3c3cc(C)ccc32)cc1. The summed E-state index contributed by atoms with van der Waals surface area (Å²) in [6.45, 7) is 8.27. The lowest BCUT2D eigenvalue weighted by Crippen LogP contribution is -1.93. The fourth-order valence-electron chi connectivity index (χ4n) is 3.06. The van der Waals surface area contributed by atoms with Crippen LogP contribution in [-0.4, -0.2) is 4.57 Å². The molecule has 0 spiro atoms. The van der Waals surface area contributed by atoms with E-state index in [4.69, 9.17) is 0 Å². The van der Waals surface area contributed by atoms with Crippen molar-refractivity contribution in [3.8, 4) is 5.69 Å². The molecule has 0 aliphatic heterocycles. The minimum atomic E-state index is 1.22. The molecule has 0 saturated heterocycles. The van der Waals surface area contributed by atoms with Crippen LogP contribution in [0.5, 0.6) is 0 Å². The fourth-order valence-corrected chi connectivity index (χ4v) is 3.06. The van der Waals surface area contributed by atoms with Gasteiger partial charge in [0.15, 0.2) is 0 Å². The van der Waals surface area contributed by atoms with Crippen LogP contribution in [0.1, 0.15) is 25.0 Å². The Hall–Kier alpha value is -2.54. The first-order valence-electron chi connectivity index (χ1n) is 8.31. The number of benzene rings is 3. The van der Waals surface area contributed by atoms with Crippen LogP contribution in [0.2, 0.25) is 0 Å². The summed E-state index contributed by atoms with van der Waals surface area (Å²) in [6.07, 6.45) is 0. The Labute approximate surface area is 138 Å². The number of hydrogen-bond donors (Lipinski definition) is 0. The highest BCUT2D eigenvalue weighted by Gasteiger charge is 2.11. The van der Waals surface area contributed by atoms with E-state index in [1.807, 2.05) is 13.8 Å². The third-order valence-corrected chi connectivity index (χ3v) is 4.12. The molecule has 0 unspecified atom stereocenters. The molecule has 0 N–H and O–H groups in total. The van der Waals surface area contributed by atoms with E-state index in [2.05, 4.69) is 85.1 Å². The highest BCUT2D eigenvalue weighted by molar-refractivity contribution is 6.09. The summed E-state index contributed by atoms with van der Waals surface area (Å²) in [5, 5.41) is 2.64. The predicted octanol–water partition coefficient (Wildman–Crippen LogP) is 6.43. The van der Waals surface area contributed by atoms with Crippen molar-refractivity contribution >= 4 is 21.8 Å². The summed E-state index contributed by atoms with van der Waals surface area (Å²) in [7, 11) is 0. The number of aromatic nitrogens is 1. The fraction of sp³-hybridized carbons (Fsp3) is 0.182. The maximum atomic E-state index is 2.35. The van der Waals surface area contributed by atoms with Gasteiger partial charge in [-0.3, -0.25) is 0 Å². The Morgan fingerprint density at radius 2 is 1.22 bits per heavy atom. The molecular formula is C22H23N. The number of aryl methyl sites for hydroxylation is 2. The van der Waals surface area contributed by atoms with Gasteiger partial charge >= 0.3 is 0 Å². The lowest BCUT2D eigenvalue weighted by Gasteiger charge is -2.08. The van der Waals surface area contributed by atoms with Gasteiger partial charge in [0.05, 0.1) is 11.0 Å². The van der Waals surface area contributed by atoms with E-state index in [0.29, 0.717) is 0 Å². The second kappa shape index (κ2) is 6.29. The summed E-state index contributed by atoms with van der Waals surface area (Å²) in [5.41, 5.74) is 6.34. The number of para-hydroxylation sites is 1. The van der Waals surface area contributed by atoms with Gasteiger partial charge in [-0.05, 0) is 44.2 Å². The highest BCUT2D eigenvalue weighted by Crippen LogP contribution is 2.32. The van der Waals surface area contributed by atoms with Crippen molar-refractivity contribution < 1.29 is 0 Å². The molecule has 0 atom stereocenters. The van der Waals surface area contributed by atoms with Crippen LogP contribution in [0.4, 0.5) is 0 Å². The number of rotatable bonds is 1. The monoisotopic (exact) mass is 301 g/mol. The maximum absolute atomic E-state index is 2.35. The van der Waals surface area contributed by atoms with Crippen LogP contribution in [0.25, 0.3) is 27.5 Å². The molecule has 0 radical (unpaired) electrons. The Kier molecular flexibility index (Phi) is 4.20. The number of hydrogen-bond acceptors (Lipinski definition) is 0. The van der Waals surface area contributed by atoms with Gasteiger partial charge in [0.2, 0.25) is 0 Å². The Morgan fingerprint density at radius 1 is 0.609 bits per heavy atom. The van der Waals surface area contributed by atoms with Gasteiger partial charge in [-0.1, -0.05) is 61.4 Å². The average molecular weight is 301 g/mol. The van der Waals surface area contributed by atoms with E-state index < -0.39 is 0 Å². The van der Waals surface area contributed by atoms with Crippen molar-refractivity contribution in [1.82, 2.24) is 4.57 Å². The van der Waals surface area contributed by atoms with Gasteiger partial charge in [-0.2, -0.15) is 0 Å². The molecule has 0 aliphatic rings. The Morgan fingerprint density at radius 3 is 1.96 bits per heavy atom. The van der Waals surface area contributed by atoms with E-state index in [-0.39, 0.29) is 0 Å². The largest absolute Gasteiger partial charge is 0.309 e. The van der Waals surface area contributed by atoms with Gasteiger partial charge in [-0.15, -0.1) is 0 Å². The van der Waals surface area contributed by atoms with E-state index in [1.165, 1.54) is 38.6 Å². The maximum Gasteiger partial charge on any atom is 0.0541 e. The minimum absolute atomic E-state index is 1.22. The van der Waals surface area contributed by atoms with Crippen molar-refractivity contribution in [2.24, 2.45) is 0 Å². The second-order valence-electron chi connectivity index (χ2n) is 5.71. The lowest BCUT2D eigenvalue weighted by molar-refractivity contribution is 1.17. The molecule has 23 heavy (non-hydrogen) atoms. The van der Waals surface area contributed by atoms with Crippen LogP contribution < -0.4 is 0 Å². The molecule has 4 aromatic rings. The zero-order valence-corrected chi connectivity index (χ0v) is 14.3. The van der Waals surface area contributed by atoms with Crippen LogP contribution in [0.15, 0.2) is 66.7 Å². The van der Waals surface area contributed by atoms with Gasteiger partial charge in [0, 0.05) is 16.5 Å². The quantitative estimate of drug-likeness (QED) is 0.382. The van der Waals surface area contributed by atoms with Gasteiger partial charge in [0.1, 0.15) is 0 Å². The number of nitrogens with zero attached hydrogens (tertiary/aromatic N) is 1. The third kappa shape index (κ3) is 2.63. The molecular weight excluding hydrogens is 278 g/mol. The van der Waals surface area contributed by atoms with Crippen molar-refractivity contribution in [2.75, 3.05) is 0 Å². The summed E-state index contributed by atoms with van der Waals surface area (Å²) in [5.74, 6) is 0. The average Bonchev–Trinajstić information content (AvgIpc) is 2.91. The molecule has 4 rings (SSSR count). The molecule has 0 aliphatic carbocycles. The first-order valence-corrected chi connectivity index (χ1v) is 8.31. The highest BCUT2D eigenvalue weighted by atomic mass is 15.0. The molecule has 0 fully saturated rings. The van der Waals surface area contributed by atoms with Crippen LogP contribution in [0, 0.1) is 13.8 Å². The summed E-state index contributed by atoms with van der Waals surface area (Å²) in [6, 6.07) is 24.1. The molecule has 3 aromatic carbocycles. The summed E-state index contributed by atoms with van der Waals surface area (Å²) < 4.78 is 2.35. The van der Waals surface area contributed by atoms with E-state index >= 15 is 0 Å². The zero-order chi connectivity index (χ0) is 16.4. The van der Waals surface area contributed by atoms with Crippen LogP contribution in [0.3, 0.4) is 0 Å². The van der Waals surface area contributed by atoms with Crippen molar-refractivity contribution in [3.05, 3.63) is 77.9 Å². The molecule has 0 amide bonds. The standard InChI is InChI=1S/C20H17N.C2H6/c1-14-7-10-16(11-8-14)21-19-6-4-3-5-17(19)18-13-15(2)9-12-20(18)21;1-2/h3-13H,1-2H3;1-2H3. The van der Waals surface area contributed by atoms with Crippen LogP contribution in [-0.2, 0) is 0 Å². The molecule has 1 aromatic heterocycles. The first-order chi connectivity index (χ1) is 11.2. The minimum Gasteiger partial charge on any atom is -0.309 e. The smallest absolute Gasteiger partial charge is 0.0541 e. The lowest BCUT2D eigenvalue weighted by atomic mass is 10.1. The summed E-state index contributed by atoms with van der Waals surface area (Å²) in [4.78, 5) is 0. The van der Waals surface area contributed by atoms with E-state index in [9.17, 15) is 0 Å². The molecule has 116 valence electrons. The van der Waals surface area contributed by atoms with Crippen molar-refractivity contribution in [1.29, 1.82) is 0 Å². The van der Waals surface area contributed by atoms with Gasteiger partial charge < -0.3 is 4.57 Å². The van der Waals surface area contributed by atoms with E-state index in [0.717, 1.165) is 0 Å². The Balaban J connectivity index is 0.000000753. The third-order valence-electron chi connectivity index (χ3n) is 4.12. The Bertz CT molecular complexity index is 943.